The van der Waals surface area contributed by atoms with Crippen molar-refractivity contribution in [1.29, 1.82) is 0 Å². The molecule has 14 heteroatoms. The summed E-state index contributed by atoms with van der Waals surface area (Å²) in [6, 6.07) is 0.128. The first-order valence-electron chi connectivity index (χ1n) is 13.0. The van der Waals surface area contributed by atoms with E-state index >= 15 is 0 Å². The number of alkyl halides is 4. The molecule has 0 spiro atoms. The lowest BCUT2D eigenvalue weighted by molar-refractivity contribution is -0.210. The highest BCUT2D eigenvalue weighted by Gasteiger charge is 2.54. The maximum atomic E-state index is 14.4. The molecule has 0 bridgehead atoms. The predicted molar refractivity (Wildman–Crippen MR) is 142 cm³/mol. The fourth-order valence-corrected chi connectivity index (χ4v) is 5.05. The molecule has 218 valence electrons. The number of nitrogens with one attached hydrogen (secondary N) is 1. The molecule has 1 fully saturated rings. The second-order valence-electron chi connectivity index (χ2n) is 10.1. The van der Waals surface area contributed by atoms with E-state index < -0.39 is 24.2 Å². The molecule has 1 saturated heterocycles. The smallest absolute Gasteiger partial charge is 0.383 e. The number of anilines is 2. The summed E-state index contributed by atoms with van der Waals surface area (Å²) in [4.78, 5) is 26.8. The highest BCUT2D eigenvalue weighted by atomic mass is 19.4. The molecule has 0 radical (unpaired) electrons. The number of nitrogen functional groups attached to an aromatic ring is 1. The van der Waals surface area contributed by atoms with Crippen LogP contribution in [0.15, 0.2) is 30.8 Å². The van der Waals surface area contributed by atoms with Crippen LogP contribution < -0.4 is 21.7 Å². The first-order chi connectivity index (χ1) is 18.9. The van der Waals surface area contributed by atoms with Gasteiger partial charge in [0.15, 0.2) is 0 Å². The summed E-state index contributed by atoms with van der Waals surface area (Å²) in [6.45, 7) is 4.82. The number of nitrogens with zero attached hydrogens (tertiary/aromatic N) is 5. The molecule has 0 saturated carbocycles. The van der Waals surface area contributed by atoms with Crippen molar-refractivity contribution in [1.82, 2.24) is 24.8 Å². The fourth-order valence-electron chi connectivity index (χ4n) is 5.05. The van der Waals surface area contributed by atoms with Gasteiger partial charge in [-0.05, 0) is 31.4 Å². The number of nitrogens with two attached hydrogens (primary N) is 2. The minimum Gasteiger partial charge on any atom is -0.383 e. The molecule has 2 aromatic rings. The molecule has 1 amide bonds. The van der Waals surface area contributed by atoms with Gasteiger partial charge in [-0.25, -0.2) is 19.3 Å². The number of halogens is 4. The van der Waals surface area contributed by atoms with Crippen molar-refractivity contribution in [2.24, 2.45) is 5.73 Å². The molecule has 2 aromatic heterocycles. The second-order valence-corrected chi connectivity index (χ2v) is 10.1. The number of hydrogen-bond donors (Lipinski definition) is 3. The van der Waals surface area contributed by atoms with Crippen LogP contribution in [0.25, 0.3) is 5.57 Å². The first-order valence-corrected chi connectivity index (χ1v) is 13.0. The van der Waals surface area contributed by atoms with Crippen molar-refractivity contribution < 1.29 is 27.1 Å². The molecule has 1 aliphatic carbocycles. The van der Waals surface area contributed by atoms with E-state index in [0.29, 0.717) is 68.8 Å². The van der Waals surface area contributed by atoms with Gasteiger partial charge in [-0.15, -0.1) is 0 Å². The lowest BCUT2D eigenvalue weighted by Gasteiger charge is -2.33. The maximum absolute atomic E-state index is 14.4. The maximum Gasteiger partial charge on any atom is 0.426 e. The predicted octanol–water partition coefficient (Wildman–Crippen LogP) is 2.98. The number of methoxy groups -OCH3 is 1. The molecule has 2 aliphatic rings. The van der Waals surface area contributed by atoms with E-state index in [-0.39, 0.29) is 23.3 Å². The molecule has 1 aliphatic heterocycles. The summed E-state index contributed by atoms with van der Waals surface area (Å²) in [5.41, 5.74) is 9.01. The number of carbonyl (C=O) groups is 1. The first kappa shape index (κ1) is 29.5. The number of piperidine rings is 1. The van der Waals surface area contributed by atoms with Crippen molar-refractivity contribution >= 4 is 23.1 Å². The summed E-state index contributed by atoms with van der Waals surface area (Å²) in [7, 11) is 1.63. The lowest BCUT2D eigenvalue weighted by atomic mass is 9.92. The SMILES string of the molecule is COCC(C)NCCn1cc(C2=CCC(F)(C(F)(F)F)C=C2)nc1C1CCN(c2ncnc(N)c2C(N)=O)CC1. The number of ether oxygens (including phenoxy) is 1. The molecule has 40 heavy (non-hydrogen) atoms. The molecule has 4 rings (SSSR count). The van der Waals surface area contributed by atoms with Gasteiger partial charge in [-0.3, -0.25) is 4.79 Å². The van der Waals surface area contributed by atoms with Gasteiger partial charge >= 0.3 is 6.18 Å². The van der Waals surface area contributed by atoms with Gasteiger partial charge in [0, 0.05) is 57.9 Å². The Morgan fingerprint density at radius 3 is 2.62 bits per heavy atom. The molecule has 5 N–H and O–H groups in total. The van der Waals surface area contributed by atoms with Crippen LogP contribution in [0.1, 0.15) is 54.0 Å². The number of rotatable bonds is 10. The van der Waals surface area contributed by atoms with Crippen LogP contribution in [-0.2, 0) is 11.3 Å². The van der Waals surface area contributed by atoms with E-state index in [9.17, 15) is 22.4 Å². The molecule has 3 heterocycles. The van der Waals surface area contributed by atoms with Crippen LogP contribution in [0, 0.1) is 0 Å². The third-order valence-electron chi connectivity index (χ3n) is 7.25. The zero-order chi connectivity index (χ0) is 29.1. The van der Waals surface area contributed by atoms with Crippen LogP contribution in [-0.4, -0.2) is 76.7 Å². The Balaban J connectivity index is 1.54. The van der Waals surface area contributed by atoms with E-state index in [1.54, 1.807) is 13.3 Å². The Labute approximate surface area is 229 Å². The molecular weight excluding hydrogens is 532 g/mol. The summed E-state index contributed by atoms with van der Waals surface area (Å²) in [6.07, 6.45) is 1.60. The summed E-state index contributed by atoms with van der Waals surface area (Å²) >= 11 is 0. The highest BCUT2D eigenvalue weighted by molar-refractivity contribution is 6.01. The molecule has 0 aromatic carbocycles. The monoisotopic (exact) mass is 566 g/mol. The number of amides is 1. The minimum absolute atomic E-state index is 0.0200. The van der Waals surface area contributed by atoms with E-state index in [1.807, 2.05) is 16.4 Å². The van der Waals surface area contributed by atoms with Gasteiger partial charge in [0.2, 0.25) is 5.67 Å². The number of hydrogen-bond acceptors (Lipinski definition) is 8. The van der Waals surface area contributed by atoms with Gasteiger partial charge in [0.05, 0.1) is 12.3 Å². The van der Waals surface area contributed by atoms with Gasteiger partial charge in [-0.2, -0.15) is 13.2 Å². The lowest BCUT2D eigenvalue weighted by Crippen LogP contribution is -2.39. The average Bonchev–Trinajstić information content (AvgIpc) is 3.32. The Morgan fingerprint density at radius 2 is 2.02 bits per heavy atom. The number of aromatic nitrogens is 4. The fraction of sp³-hybridized carbons (Fsp3) is 0.538. The number of primary amides is 1. The second kappa shape index (κ2) is 11.9. The molecule has 2 atom stereocenters. The van der Waals surface area contributed by atoms with Crippen LogP contribution >= 0.6 is 0 Å². The van der Waals surface area contributed by atoms with Crippen molar-refractivity contribution in [3.63, 3.8) is 0 Å². The normalized spacial score (nSPS) is 20.9. The van der Waals surface area contributed by atoms with E-state index in [1.165, 1.54) is 12.4 Å². The van der Waals surface area contributed by atoms with Crippen molar-refractivity contribution in [3.05, 3.63) is 47.8 Å². The Bertz CT molecular complexity index is 1270. The topological polar surface area (TPSA) is 137 Å². The average molecular weight is 567 g/mol. The van der Waals surface area contributed by atoms with Gasteiger partial charge in [-0.1, -0.05) is 12.2 Å². The summed E-state index contributed by atoms with van der Waals surface area (Å²) in [5, 5.41) is 3.37. The minimum atomic E-state index is -4.99. The largest absolute Gasteiger partial charge is 0.426 e. The van der Waals surface area contributed by atoms with Crippen LogP contribution in [0.2, 0.25) is 0 Å². The third-order valence-corrected chi connectivity index (χ3v) is 7.25. The van der Waals surface area contributed by atoms with Crippen LogP contribution in [0.3, 0.4) is 0 Å². The number of carbonyl (C=O) groups excluding carboxylic acids is 1. The van der Waals surface area contributed by atoms with E-state index in [4.69, 9.17) is 21.2 Å². The van der Waals surface area contributed by atoms with Gasteiger partial charge < -0.3 is 31.0 Å². The quantitative estimate of drug-likeness (QED) is 0.374. The zero-order valence-corrected chi connectivity index (χ0v) is 22.4. The zero-order valence-electron chi connectivity index (χ0n) is 22.4. The Hall–Kier alpha value is -3.52. The highest BCUT2D eigenvalue weighted by Crippen LogP contribution is 2.42. The molecule has 2 unspecified atom stereocenters. The van der Waals surface area contributed by atoms with Gasteiger partial charge in [0.25, 0.3) is 5.91 Å². The number of allylic oxidation sites excluding steroid dienone is 4. The van der Waals surface area contributed by atoms with Crippen molar-refractivity contribution in [2.45, 2.75) is 56.5 Å². The summed E-state index contributed by atoms with van der Waals surface area (Å²) < 4.78 is 60.9. The van der Waals surface area contributed by atoms with E-state index in [2.05, 4.69) is 15.3 Å². The van der Waals surface area contributed by atoms with Crippen LogP contribution in [0.5, 0.6) is 0 Å². The van der Waals surface area contributed by atoms with E-state index in [0.717, 1.165) is 11.9 Å². The van der Waals surface area contributed by atoms with Crippen molar-refractivity contribution in [3.8, 4) is 0 Å². The van der Waals surface area contributed by atoms with Crippen LogP contribution in [0.4, 0.5) is 29.2 Å². The summed E-state index contributed by atoms with van der Waals surface area (Å²) in [5.74, 6) is 0.515. The van der Waals surface area contributed by atoms with Gasteiger partial charge in [0.1, 0.15) is 29.4 Å². The Kier molecular flexibility index (Phi) is 8.78. The standard InChI is InChI=1S/C26H34F4N8O2/c1-16(14-40-2)33-9-12-38-13-19(17-3-7-25(27,8-4-17)26(28,29)30)36-23(38)18-5-10-37(11-6-18)24-20(22(32)39)21(31)34-15-35-24/h3-4,7,13,15-16,18,33H,5-6,8-12,14H2,1-2H3,(H2,32,39)(H2,31,34,35). The Morgan fingerprint density at radius 1 is 1.30 bits per heavy atom. The molecular formula is C26H34F4N8O2. The molecule has 10 nitrogen and oxygen atoms in total. The van der Waals surface area contributed by atoms with Crippen molar-refractivity contribution in [2.75, 3.05) is 44.0 Å². The number of imidazole rings is 1. The third kappa shape index (κ3) is 6.28.